The molecule has 1 amide bonds. The van der Waals surface area contributed by atoms with E-state index in [0.29, 0.717) is 23.1 Å². The van der Waals surface area contributed by atoms with E-state index in [4.69, 9.17) is 0 Å². The first-order valence-corrected chi connectivity index (χ1v) is 8.97. The molecule has 0 atom stereocenters. The van der Waals surface area contributed by atoms with Crippen molar-refractivity contribution in [3.63, 3.8) is 0 Å². The quantitative estimate of drug-likeness (QED) is 0.716. The zero-order chi connectivity index (χ0) is 16.2. The van der Waals surface area contributed by atoms with Gasteiger partial charge in [0.1, 0.15) is 11.5 Å². The second-order valence-electron chi connectivity index (χ2n) is 4.70. The van der Waals surface area contributed by atoms with Gasteiger partial charge in [0.25, 0.3) is 5.91 Å². The van der Waals surface area contributed by atoms with E-state index in [1.165, 1.54) is 23.9 Å². The normalized spacial score (nSPS) is 10.7. The summed E-state index contributed by atoms with van der Waals surface area (Å²) in [5.41, 5.74) is 1.13. The largest absolute Gasteiger partial charge is 0.346 e. The summed E-state index contributed by atoms with van der Waals surface area (Å²) >= 11 is 3.02. The Hall–Kier alpha value is -2.12. The van der Waals surface area contributed by atoms with Gasteiger partial charge in [-0.1, -0.05) is 17.8 Å². The molecule has 118 valence electrons. The molecule has 1 aromatic carbocycles. The van der Waals surface area contributed by atoms with Gasteiger partial charge in [0.15, 0.2) is 5.16 Å². The van der Waals surface area contributed by atoms with Gasteiger partial charge in [-0.05, 0) is 42.0 Å². The van der Waals surface area contributed by atoms with E-state index in [1.54, 1.807) is 34.2 Å². The fourth-order valence-corrected chi connectivity index (χ4v) is 3.34. The summed E-state index contributed by atoms with van der Waals surface area (Å²) in [6, 6.07) is 9.91. The third-order valence-corrected chi connectivity index (χ3v) is 4.76. The standard InChI is InChI=1S/C16H14FN3OS2/c1-22-16-19-10-14(15(21)18-9-13-3-2-8-23-13)20(16)12-6-4-11(17)5-7-12/h2-8,10H,9H2,1H3,(H,18,21). The number of nitrogens with zero attached hydrogens (tertiary/aromatic N) is 2. The highest BCUT2D eigenvalue weighted by atomic mass is 32.2. The van der Waals surface area contributed by atoms with Gasteiger partial charge in [0.05, 0.1) is 12.7 Å². The Balaban J connectivity index is 1.88. The third kappa shape index (κ3) is 3.46. The van der Waals surface area contributed by atoms with E-state index in [2.05, 4.69) is 10.3 Å². The molecule has 2 heterocycles. The van der Waals surface area contributed by atoms with Crippen LogP contribution in [-0.2, 0) is 6.54 Å². The molecule has 1 N–H and O–H groups in total. The maximum Gasteiger partial charge on any atom is 0.270 e. The maximum atomic E-state index is 13.1. The van der Waals surface area contributed by atoms with Crippen molar-refractivity contribution in [2.75, 3.05) is 6.26 Å². The fourth-order valence-electron chi connectivity index (χ4n) is 2.15. The molecule has 0 aliphatic rings. The zero-order valence-corrected chi connectivity index (χ0v) is 14.0. The number of thiophene rings is 1. The van der Waals surface area contributed by atoms with Crippen LogP contribution in [0.25, 0.3) is 5.69 Å². The molecule has 0 saturated carbocycles. The SMILES string of the molecule is CSc1ncc(C(=O)NCc2cccs2)n1-c1ccc(F)cc1. The van der Waals surface area contributed by atoms with E-state index < -0.39 is 0 Å². The van der Waals surface area contributed by atoms with E-state index >= 15 is 0 Å². The Morgan fingerprint density at radius 1 is 1.35 bits per heavy atom. The van der Waals surface area contributed by atoms with Crippen LogP contribution >= 0.6 is 23.1 Å². The number of aromatic nitrogens is 2. The number of halogens is 1. The monoisotopic (exact) mass is 347 g/mol. The van der Waals surface area contributed by atoms with Crippen LogP contribution in [0.5, 0.6) is 0 Å². The zero-order valence-electron chi connectivity index (χ0n) is 12.3. The summed E-state index contributed by atoms with van der Waals surface area (Å²) in [5, 5.41) is 5.53. The first-order valence-electron chi connectivity index (χ1n) is 6.87. The smallest absolute Gasteiger partial charge is 0.270 e. The molecule has 0 spiro atoms. The molecule has 3 aromatic rings. The minimum absolute atomic E-state index is 0.212. The third-order valence-electron chi connectivity index (χ3n) is 3.23. The van der Waals surface area contributed by atoms with Crippen LogP contribution in [0.4, 0.5) is 4.39 Å². The Labute approximate surface area is 141 Å². The first kappa shape index (κ1) is 15.8. The number of imidazole rings is 1. The number of carbonyl (C=O) groups is 1. The summed E-state index contributed by atoms with van der Waals surface area (Å²) in [7, 11) is 0. The molecule has 0 radical (unpaired) electrons. The number of hydrogen-bond acceptors (Lipinski definition) is 4. The fraction of sp³-hybridized carbons (Fsp3) is 0.125. The number of rotatable bonds is 5. The highest BCUT2D eigenvalue weighted by Crippen LogP contribution is 2.22. The molecule has 0 saturated heterocycles. The molecule has 0 aliphatic heterocycles. The number of thioether (sulfide) groups is 1. The van der Waals surface area contributed by atoms with Crippen LogP contribution in [0.15, 0.2) is 53.1 Å². The van der Waals surface area contributed by atoms with E-state index in [1.807, 2.05) is 23.8 Å². The summed E-state index contributed by atoms with van der Waals surface area (Å²) in [6.07, 6.45) is 3.43. The lowest BCUT2D eigenvalue weighted by Gasteiger charge is -2.11. The lowest BCUT2D eigenvalue weighted by atomic mass is 10.3. The van der Waals surface area contributed by atoms with Gasteiger partial charge in [-0.15, -0.1) is 11.3 Å². The summed E-state index contributed by atoms with van der Waals surface area (Å²) < 4.78 is 14.9. The van der Waals surface area contributed by atoms with Crippen molar-refractivity contribution in [2.45, 2.75) is 11.7 Å². The molecule has 0 fully saturated rings. The highest BCUT2D eigenvalue weighted by molar-refractivity contribution is 7.98. The second kappa shape index (κ2) is 6.97. The van der Waals surface area contributed by atoms with E-state index in [9.17, 15) is 9.18 Å². The lowest BCUT2D eigenvalue weighted by molar-refractivity contribution is 0.0944. The number of hydrogen-bond donors (Lipinski definition) is 1. The van der Waals surface area contributed by atoms with Gasteiger partial charge >= 0.3 is 0 Å². The van der Waals surface area contributed by atoms with Crippen LogP contribution in [0.3, 0.4) is 0 Å². The van der Waals surface area contributed by atoms with Crippen LogP contribution in [0.1, 0.15) is 15.4 Å². The van der Waals surface area contributed by atoms with Crippen molar-refractivity contribution in [3.8, 4) is 5.69 Å². The van der Waals surface area contributed by atoms with Crippen molar-refractivity contribution < 1.29 is 9.18 Å². The molecule has 0 bridgehead atoms. The molecule has 2 aromatic heterocycles. The molecule has 23 heavy (non-hydrogen) atoms. The van der Waals surface area contributed by atoms with E-state index in [-0.39, 0.29) is 11.7 Å². The topological polar surface area (TPSA) is 46.9 Å². The minimum Gasteiger partial charge on any atom is -0.346 e. The molecule has 0 aliphatic carbocycles. The van der Waals surface area contributed by atoms with Crippen molar-refractivity contribution in [1.82, 2.24) is 14.9 Å². The average Bonchev–Trinajstić information content (AvgIpc) is 3.22. The Morgan fingerprint density at radius 3 is 2.78 bits per heavy atom. The van der Waals surface area contributed by atoms with E-state index in [0.717, 1.165) is 4.88 Å². The van der Waals surface area contributed by atoms with Crippen molar-refractivity contribution >= 4 is 29.0 Å². The maximum absolute atomic E-state index is 13.1. The number of nitrogens with one attached hydrogen (secondary N) is 1. The predicted octanol–water partition coefficient (Wildman–Crippen LogP) is 3.72. The summed E-state index contributed by atoms with van der Waals surface area (Å²) in [4.78, 5) is 17.8. The Kier molecular flexibility index (Phi) is 4.78. The molecule has 4 nitrogen and oxygen atoms in total. The highest BCUT2D eigenvalue weighted by Gasteiger charge is 2.17. The van der Waals surface area contributed by atoms with Gasteiger partial charge in [-0.3, -0.25) is 9.36 Å². The van der Waals surface area contributed by atoms with Gasteiger partial charge in [0, 0.05) is 10.6 Å². The Bertz CT molecular complexity index is 797. The van der Waals surface area contributed by atoms with Crippen LogP contribution < -0.4 is 5.32 Å². The molecular formula is C16H14FN3OS2. The average molecular weight is 347 g/mol. The van der Waals surface area contributed by atoms with Crippen molar-refractivity contribution in [1.29, 1.82) is 0 Å². The number of benzene rings is 1. The lowest BCUT2D eigenvalue weighted by Crippen LogP contribution is -2.24. The van der Waals surface area contributed by atoms with Crippen LogP contribution in [-0.4, -0.2) is 21.7 Å². The number of carbonyl (C=O) groups excluding carboxylic acids is 1. The Morgan fingerprint density at radius 2 is 2.13 bits per heavy atom. The summed E-state index contributed by atoms with van der Waals surface area (Å²) in [6.45, 7) is 0.472. The van der Waals surface area contributed by atoms with Gasteiger partial charge in [-0.25, -0.2) is 9.37 Å². The van der Waals surface area contributed by atoms with Gasteiger partial charge < -0.3 is 5.32 Å². The molecule has 3 rings (SSSR count). The number of amides is 1. The predicted molar refractivity (Wildman–Crippen MR) is 90.8 cm³/mol. The van der Waals surface area contributed by atoms with Crippen LogP contribution in [0.2, 0.25) is 0 Å². The first-order chi connectivity index (χ1) is 11.2. The van der Waals surface area contributed by atoms with Gasteiger partial charge in [0.2, 0.25) is 0 Å². The minimum atomic E-state index is -0.316. The van der Waals surface area contributed by atoms with Crippen molar-refractivity contribution in [2.24, 2.45) is 0 Å². The van der Waals surface area contributed by atoms with Crippen LogP contribution in [0, 0.1) is 5.82 Å². The molecular weight excluding hydrogens is 333 g/mol. The molecule has 0 unspecified atom stereocenters. The van der Waals surface area contributed by atoms with Crippen molar-refractivity contribution in [3.05, 3.63) is 64.4 Å². The van der Waals surface area contributed by atoms with Gasteiger partial charge in [-0.2, -0.15) is 0 Å². The molecule has 7 heteroatoms. The summed E-state index contributed by atoms with van der Waals surface area (Å²) in [5.74, 6) is -0.529. The second-order valence-corrected chi connectivity index (χ2v) is 6.51.